The Bertz CT molecular complexity index is 944. The maximum Gasteiger partial charge on any atom is 0.179 e. The van der Waals surface area contributed by atoms with Crippen molar-refractivity contribution in [3.05, 3.63) is 63.9 Å². The summed E-state index contributed by atoms with van der Waals surface area (Å²) in [6.07, 6.45) is 1.20. The lowest BCUT2D eigenvalue weighted by Crippen LogP contribution is -1.96. The molecule has 0 N–H and O–H groups in total. The van der Waals surface area contributed by atoms with Crippen molar-refractivity contribution >= 4 is 41.7 Å². The highest BCUT2D eigenvalue weighted by molar-refractivity contribution is 9.11. The minimum atomic E-state index is -3.21. The molecule has 6 heteroatoms. The van der Waals surface area contributed by atoms with Crippen LogP contribution in [0.25, 0.3) is 22.3 Å². The summed E-state index contributed by atoms with van der Waals surface area (Å²) in [6, 6.07) is 16.6. The van der Waals surface area contributed by atoms with Gasteiger partial charge in [-0.05, 0) is 55.1 Å². The number of benzene rings is 2. The molecule has 0 atom stereocenters. The van der Waals surface area contributed by atoms with E-state index in [1.54, 1.807) is 24.3 Å². The first-order chi connectivity index (χ1) is 10.9. The highest BCUT2D eigenvalue weighted by atomic mass is 79.9. The molecule has 3 rings (SSSR count). The average Bonchev–Trinajstić information content (AvgIpc) is 2.82. The molecule has 1 heterocycles. The van der Waals surface area contributed by atoms with E-state index >= 15 is 0 Å². The van der Waals surface area contributed by atoms with E-state index in [1.165, 1.54) is 6.26 Å². The molecule has 23 heavy (non-hydrogen) atoms. The van der Waals surface area contributed by atoms with Crippen molar-refractivity contribution in [3.8, 4) is 22.3 Å². The zero-order chi connectivity index (χ0) is 16.6. The first kappa shape index (κ1) is 16.5. The van der Waals surface area contributed by atoms with E-state index in [0.717, 1.165) is 22.3 Å². The van der Waals surface area contributed by atoms with Crippen LogP contribution in [0.2, 0.25) is 0 Å². The fraction of sp³-hybridized carbons (Fsp3) is 0.0588. The Hall–Kier alpha value is -1.37. The van der Waals surface area contributed by atoms with Crippen LogP contribution in [0.15, 0.2) is 73.2 Å². The molecule has 0 spiro atoms. The SMILES string of the molecule is CS(=O)(=O)c1ccc(-c2c(Br)oc(Br)c2-c2ccccc2)cc1. The van der Waals surface area contributed by atoms with Crippen LogP contribution < -0.4 is 0 Å². The Kier molecular flexibility index (Phi) is 4.49. The summed E-state index contributed by atoms with van der Waals surface area (Å²) < 4.78 is 30.1. The van der Waals surface area contributed by atoms with E-state index in [2.05, 4.69) is 31.9 Å². The van der Waals surface area contributed by atoms with Crippen LogP contribution in [0.4, 0.5) is 0 Å². The van der Waals surface area contributed by atoms with Gasteiger partial charge in [-0.2, -0.15) is 0 Å². The van der Waals surface area contributed by atoms with Gasteiger partial charge in [0.1, 0.15) is 0 Å². The van der Waals surface area contributed by atoms with Gasteiger partial charge in [0.05, 0.1) is 4.90 Å². The summed E-state index contributed by atoms with van der Waals surface area (Å²) in [4.78, 5) is 0.293. The van der Waals surface area contributed by atoms with E-state index in [1.807, 2.05) is 30.3 Å². The molecule has 0 radical (unpaired) electrons. The third kappa shape index (κ3) is 3.29. The Labute approximate surface area is 151 Å². The van der Waals surface area contributed by atoms with Gasteiger partial charge in [0.25, 0.3) is 0 Å². The first-order valence-electron chi connectivity index (χ1n) is 6.71. The highest BCUT2D eigenvalue weighted by Gasteiger charge is 2.20. The zero-order valence-corrected chi connectivity index (χ0v) is 16.1. The summed E-state index contributed by atoms with van der Waals surface area (Å²) in [5.41, 5.74) is 3.68. The Balaban J connectivity index is 2.18. The lowest BCUT2D eigenvalue weighted by atomic mass is 9.99. The molecule has 0 amide bonds. The molecule has 2 aromatic carbocycles. The Morgan fingerprint density at radius 3 is 1.74 bits per heavy atom. The van der Waals surface area contributed by atoms with Crippen molar-refractivity contribution in [1.82, 2.24) is 0 Å². The van der Waals surface area contributed by atoms with E-state index in [9.17, 15) is 8.42 Å². The van der Waals surface area contributed by atoms with Gasteiger partial charge in [0.15, 0.2) is 19.2 Å². The molecule has 0 aliphatic carbocycles. The first-order valence-corrected chi connectivity index (χ1v) is 10.2. The van der Waals surface area contributed by atoms with Gasteiger partial charge in [0.2, 0.25) is 0 Å². The molecule has 118 valence electrons. The smallest absolute Gasteiger partial charge is 0.179 e. The van der Waals surface area contributed by atoms with Crippen LogP contribution in [0, 0.1) is 0 Å². The van der Waals surface area contributed by atoms with Crippen molar-refractivity contribution in [2.75, 3.05) is 6.26 Å². The fourth-order valence-corrected chi connectivity index (χ4v) is 4.39. The fourth-order valence-electron chi connectivity index (χ4n) is 2.37. The van der Waals surface area contributed by atoms with Crippen molar-refractivity contribution < 1.29 is 12.8 Å². The number of hydrogen-bond donors (Lipinski definition) is 0. The minimum absolute atomic E-state index is 0.293. The van der Waals surface area contributed by atoms with Gasteiger partial charge in [-0.25, -0.2) is 8.42 Å². The van der Waals surface area contributed by atoms with Gasteiger partial charge in [0, 0.05) is 17.4 Å². The molecular weight excluding hydrogens is 444 g/mol. The number of sulfone groups is 1. The van der Waals surface area contributed by atoms with Crippen LogP contribution in [0.5, 0.6) is 0 Å². The van der Waals surface area contributed by atoms with Crippen LogP contribution in [-0.4, -0.2) is 14.7 Å². The van der Waals surface area contributed by atoms with Gasteiger partial charge in [-0.3, -0.25) is 0 Å². The largest absolute Gasteiger partial charge is 0.441 e. The molecule has 0 aliphatic heterocycles. The summed E-state index contributed by atoms with van der Waals surface area (Å²) in [6.45, 7) is 0. The van der Waals surface area contributed by atoms with Crippen molar-refractivity contribution in [1.29, 1.82) is 0 Å². The Morgan fingerprint density at radius 2 is 1.26 bits per heavy atom. The molecule has 0 aliphatic rings. The topological polar surface area (TPSA) is 47.3 Å². The maximum atomic E-state index is 11.6. The van der Waals surface area contributed by atoms with E-state index in [-0.39, 0.29) is 0 Å². The second kappa shape index (κ2) is 6.26. The number of halogens is 2. The molecule has 0 bridgehead atoms. The minimum Gasteiger partial charge on any atom is -0.441 e. The zero-order valence-electron chi connectivity index (χ0n) is 12.1. The highest BCUT2D eigenvalue weighted by Crippen LogP contribution is 2.44. The molecule has 3 nitrogen and oxygen atoms in total. The summed E-state index contributed by atoms with van der Waals surface area (Å²) in [5, 5.41) is 0. The number of furan rings is 1. The Morgan fingerprint density at radius 1 is 0.783 bits per heavy atom. The quantitative estimate of drug-likeness (QED) is 0.520. The molecule has 0 unspecified atom stereocenters. The number of rotatable bonds is 3. The molecule has 0 saturated heterocycles. The second-order valence-corrected chi connectivity index (χ2v) is 8.52. The standard InChI is InChI=1S/C17H12Br2O3S/c1-23(20,21)13-9-7-12(8-10-13)15-14(16(18)22-17(15)19)11-5-3-2-4-6-11/h2-10H,1H3. The predicted molar refractivity (Wildman–Crippen MR) is 98.1 cm³/mol. The molecule has 3 aromatic rings. The monoisotopic (exact) mass is 454 g/mol. The maximum absolute atomic E-state index is 11.6. The van der Waals surface area contributed by atoms with Crippen LogP contribution in [0.1, 0.15) is 0 Å². The van der Waals surface area contributed by atoms with E-state index in [0.29, 0.717) is 14.2 Å². The summed E-state index contributed by atoms with van der Waals surface area (Å²) >= 11 is 6.90. The lowest BCUT2D eigenvalue weighted by Gasteiger charge is -2.06. The molecule has 0 fully saturated rings. The van der Waals surface area contributed by atoms with Crippen LogP contribution >= 0.6 is 31.9 Å². The average molecular weight is 456 g/mol. The summed E-state index contributed by atoms with van der Waals surface area (Å²) in [7, 11) is -3.21. The molecular formula is C17H12Br2O3S. The van der Waals surface area contributed by atoms with Crippen molar-refractivity contribution in [2.24, 2.45) is 0 Å². The van der Waals surface area contributed by atoms with Crippen LogP contribution in [-0.2, 0) is 9.84 Å². The summed E-state index contributed by atoms with van der Waals surface area (Å²) in [5.74, 6) is 0. The second-order valence-electron chi connectivity index (χ2n) is 5.06. The van der Waals surface area contributed by atoms with Gasteiger partial charge in [-0.1, -0.05) is 42.5 Å². The van der Waals surface area contributed by atoms with E-state index in [4.69, 9.17) is 4.42 Å². The van der Waals surface area contributed by atoms with Crippen molar-refractivity contribution in [2.45, 2.75) is 4.90 Å². The van der Waals surface area contributed by atoms with Crippen molar-refractivity contribution in [3.63, 3.8) is 0 Å². The van der Waals surface area contributed by atoms with E-state index < -0.39 is 9.84 Å². The predicted octanol–water partition coefficient (Wildman–Crippen LogP) is 5.54. The third-order valence-corrected chi connectivity index (χ3v) is 5.70. The molecule has 0 saturated carbocycles. The number of hydrogen-bond acceptors (Lipinski definition) is 3. The third-order valence-electron chi connectivity index (χ3n) is 3.46. The van der Waals surface area contributed by atoms with Gasteiger partial charge in [-0.15, -0.1) is 0 Å². The molecule has 1 aromatic heterocycles. The lowest BCUT2D eigenvalue weighted by molar-refractivity contribution is 0.518. The van der Waals surface area contributed by atoms with Gasteiger partial charge >= 0.3 is 0 Å². The van der Waals surface area contributed by atoms with Gasteiger partial charge < -0.3 is 4.42 Å². The van der Waals surface area contributed by atoms with Crippen LogP contribution in [0.3, 0.4) is 0 Å². The normalized spacial score (nSPS) is 11.6.